The Labute approximate surface area is 153 Å². The number of piperidine rings is 1. The van der Waals surface area contributed by atoms with Crippen molar-refractivity contribution in [2.75, 3.05) is 39.4 Å². The summed E-state index contributed by atoms with van der Waals surface area (Å²) < 4.78 is 11.4. The van der Waals surface area contributed by atoms with Crippen LogP contribution in [0.3, 0.4) is 0 Å². The molecule has 0 radical (unpaired) electrons. The van der Waals surface area contributed by atoms with Crippen LogP contribution in [0.2, 0.25) is 5.02 Å². The summed E-state index contributed by atoms with van der Waals surface area (Å²) >= 11 is 6.37. The fourth-order valence-corrected chi connectivity index (χ4v) is 3.67. The number of carbonyl (C=O) groups excluding carboxylic acids is 1. The summed E-state index contributed by atoms with van der Waals surface area (Å²) in [6.45, 7) is 4.74. The molecule has 7 heteroatoms. The van der Waals surface area contributed by atoms with Gasteiger partial charge in [0.25, 0.3) is 0 Å². The van der Waals surface area contributed by atoms with Crippen LogP contribution >= 0.6 is 11.6 Å². The third-order valence-corrected chi connectivity index (χ3v) is 4.87. The molecule has 0 spiro atoms. The highest BCUT2D eigenvalue weighted by Gasteiger charge is 2.26. The Morgan fingerprint density at radius 1 is 1.32 bits per heavy atom. The predicted octanol–water partition coefficient (Wildman–Crippen LogP) is 1.79. The van der Waals surface area contributed by atoms with Crippen molar-refractivity contribution in [3.63, 3.8) is 0 Å². The van der Waals surface area contributed by atoms with Gasteiger partial charge >= 0.3 is 0 Å². The lowest BCUT2D eigenvalue weighted by atomic mass is 9.96. The molecule has 0 bridgehead atoms. The molecule has 0 aliphatic carbocycles. The third-order valence-electron chi connectivity index (χ3n) is 4.59. The van der Waals surface area contributed by atoms with E-state index in [4.69, 9.17) is 26.8 Å². The second-order valence-corrected chi connectivity index (χ2v) is 7.02. The number of hydrogen-bond acceptors (Lipinski definition) is 5. The Morgan fingerprint density at radius 3 is 3.00 bits per heavy atom. The zero-order chi connectivity index (χ0) is 17.6. The summed E-state index contributed by atoms with van der Waals surface area (Å²) in [6, 6.07) is 3.94. The van der Waals surface area contributed by atoms with E-state index in [0.717, 1.165) is 44.5 Å². The smallest absolute Gasteiger partial charge is 0.224 e. The van der Waals surface area contributed by atoms with E-state index >= 15 is 0 Å². The van der Waals surface area contributed by atoms with Gasteiger partial charge in [0.1, 0.15) is 0 Å². The Morgan fingerprint density at radius 2 is 2.16 bits per heavy atom. The van der Waals surface area contributed by atoms with Crippen LogP contribution in [0.15, 0.2) is 12.1 Å². The van der Waals surface area contributed by atoms with E-state index in [0.29, 0.717) is 42.8 Å². The van der Waals surface area contributed by atoms with Crippen LogP contribution in [-0.2, 0) is 11.3 Å². The van der Waals surface area contributed by atoms with Crippen molar-refractivity contribution in [2.24, 2.45) is 11.7 Å². The molecule has 1 fully saturated rings. The van der Waals surface area contributed by atoms with Gasteiger partial charge in [-0.3, -0.25) is 9.69 Å². The molecule has 2 heterocycles. The number of fused-ring (bicyclic) bond motifs is 1. The van der Waals surface area contributed by atoms with Crippen molar-refractivity contribution in [1.82, 2.24) is 10.2 Å². The van der Waals surface area contributed by atoms with Gasteiger partial charge in [0.15, 0.2) is 11.5 Å². The zero-order valence-electron chi connectivity index (χ0n) is 14.4. The van der Waals surface area contributed by atoms with Crippen LogP contribution in [0.25, 0.3) is 0 Å². The molecule has 6 nitrogen and oxygen atoms in total. The Bertz CT molecular complexity index is 611. The van der Waals surface area contributed by atoms with E-state index in [1.165, 1.54) is 0 Å². The van der Waals surface area contributed by atoms with Crippen LogP contribution in [-0.4, -0.2) is 50.2 Å². The van der Waals surface area contributed by atoms with Crippen LogP contribution < -0.4 is 20.5 Å². The summed E-state index contributed by atoms with van der Waals surface area (Å²) in [5, 5.41) is 3.48. The van der Waals surface area contributed by atoms with Gasteiger partial charge in [0.2, 0.25) is 5.91 Å². The molecule has 0 saturated carbocycles. The molecular formula is C18H26ClN3O3. The summed E-state index contributed by atoms with van der Waals surface area (Å²) in [4.78, 5) is 14.5. The molecule has 1 aromatic rings. The number of nitrogens with zero attached hydrogens (tertiary/aromatic N) is 1. The second-order valence-electron chi connectivity index (χ2n) is 6.61. The lowest BCUT2D eigenvalue weighted by Gasteiger charge is -2.32. The standard InChI is InChI=1S/C18H26ClN3O3/c19-15-9-13(10-16-17(15)25-8-2-7-24-16)11-22-6-1-3-14(12-22)18(23)21-5-4-20/h9-10,14H,1-8,11-12,20H2,(H,21,23). The number of likely N-dealkylation sites (tertiary alicyclic amines) is 1. The SMILES string of the molecule is NCCNC(=O)C1CCCN(Cc2cc(Cl)c3c(c2)OCCCO3)C1. The molecule has 1 atom stereocenters. The van der Waals surface area contributed by atoms with Gasteiger partial charge in [-0.15, -0.1) is 0 Å². The predicted molar refractivity (Wildman–Crippen MR) is 97.1 cm³/mol. The summed E-state index contributed by atoms with van der Waals surface area (Å²) in [5.41, 5.74) is 6.54. The molecule has 138 valence electrons. The monoisotopic (exact) mass is 367 g/mol. The lowest BCUT2D eigenvalue weighted by molar-refractivity contribution is -0.126. The molecule has 3 rings (SSSR count). The number of nitrogens with one attached hydrogen (secondary N) is 1. The first kappa shape index (κ1) is 18.3. The highest BCUT2D eigenvalue weighted by Crippen LogP contribution is 2.38. The molecule has 2 aliphatic heterocycles. The summed E-state index contributed by atoms with van der Waals surface area (Å²) in [5.74, 6) is 1.48. The van der Waals surface area contributed by atoms with Gasteiger partial charge in [0.05, 0.1) is 24.2 Å². The molecule has 25 heavy (non-hydrogen) atoms. The molecule has 1 saturated heterocycles. The van der Waals surface area contributed by atoms with Crippen LogP contribution in [0.1, 0.15) is 24.8 Å². The number of halogens is 1. The quantitative estimate of drug-likeness (QED) is 0.829. The minimum Gasteiger partial charge on any atom is -0.489 e. The van der Waals surface area contributed by atoms with Gasteiger partial charge in [0, 0.05) is 32.6 Å². The van der Waals surface area contributed by atoms with E-state index in [-0.39, 0.29) is 11.8 Å². The minimum absolute atomic E-state index is 0.0242. The van der Waals surface area contributed by atoms with Gasteiger partial charge < -0.3 is 20.5 Å². The number of rotatable bonds is 5. The molecule has 1 unspecified atom stereocenters. The minimum atomic E-state index is 0.0242. The number of hydrogen-bond donors (Lipinski definition) is 2. The molecule has 0 aromatic heterocycles. The maximum Gasteiger partial charge on any atom is 0.224 e. The van der Waals surface area contributed by atoms with Crippen molar-refractivity contribution >= 4 is 17.5 Å². The maximum absolute atomic E-state index is 12.2. The first-order valence-electron chi connectivity index (χ1n) is 8.95. The van der Waals surface area contributed by atoms with Crippen LogP contribution in [0.5, 0.6) is 11.5 Å². The van der Waals surface area contributed by atoms with E-state index in [2.05, 4.69) is 10.2 Å². The first-order valence-corrected chi connectivity index (χ1v) is 9.33. The fraction of sp³-hybridized carbons (Fsp3) is 0.611. The van der Waals surface area contributed by atoms with Crippen molar-refractivity contribution in [1.29, 1.82) is 0 Å². The van der Waals surface area contributed by atoms with Gasteiger partial charge in [-0.05, 0) is 37.1 Å². The van der Waals surface area contributed by atoms with Crippen LogP contribution in [0, 0.1) is 5.92 Å². The molecule has 3 N–H and O–H groups in total. The Hall–Kier alpha value is -1.50. The van der Waals surface area contributed by atoms with E-state index in [9.17, 15) is 4.79 Å². The van der Waals surface area contributed by atoms with Gasteiger partial charge in [-0.2, -0.15) is 0 Å². The Kier molecular flexibility index (Phi) is 6.39. The van der Waals surface area contributed by atoms with E-state index in [1.54, 1.807) is 0 Å². The molecule has 1 aromatic carbocycles. The fourth-order valence-electron chi connectivity index (χ4n) is 3.39. The maximum atomic E-state index is 12.2. The highest BCUT2D eigenvalue weighted by atomic mass is 35.5. The molecular weight excluding hydrogens is 342 g/mol. The topological polar surface area (TPSA) is 76.8 Å². The number of benzene rings is 1. The van der Waals surface area contributed by atoms with Crippen LogP contribution in [0.4, 0.5) is 0 Å². The number of amides is 1. The van der Waals surface area contributed by atoms with Crippen molar-refractivity contribution < 1.29 is 14.3 Å². The second kappa shape index (κ2) is 8.74. The lowest BCUT2D eigenvalue weighted by Crippen LogP contribution is -2.43. The number of nitrogens with two attached hydrogens (primary N) is 1. The first-order chi connectivity index (χ1) is 12.2. The van der Waals surface area contributed by atoms with Crippen molar-refractivity contribution in [3.8, 4) is 11.5 Å². The van der Waals surface area contributed by atoms with Gasteiger partial charge in [-0.25, -0.2) is 0 Å². The average Bonchev–Trinajstić information content (AvgIpc) is 2.86. The van der Waals surface area contributed by atoms with E-state index in [1.807, 2.05) is 12.1 Å². The normalized spacial score (nSPS) is 20.8. The highest BCUT2D eigenvalue weighted by molar-refractivity contribution is 6.32. The van der Waals surface area contributed by atoms with Crippen molar-refractivity contribution in [3.05, 3.63) is 22.7 Å². The van der Waals surface area contributed by atoms with Gasteiger partial charge in [-0.1, -0.05) is 11.6 Å². The van der Waals surface area contributed by atoms with E-state index < -0.39 is 0 Å². The number of ether oxygens (including phenoxy) is 2. The molecule has 1 amide bonds. The number of carbonyl (C=O) groups is 1. The Balaban J connectivity index is 1.64. The zero-order valence-corrected chi connectivity index (χ0v) is 15.2. The average molecular weight is 368 g/mol. The summed E-state index contributed by atoms with van der Waals surface area (Å²) in [6.07, 6.45) is 2.79. The third kappa shape index (κ3) is 4.77. The summed E-state index contributed by atoms with van der Waals surface area (Å²) in [7, 11) is 0. The van der Waals surface area contributed by atoms with Crippen molar-refractivity contribution in [2.45, 2.75) is 25.8 Å². The largest absolute Gasteiger partial charge is 0.489 e. The molecule has 2 aliphatic rings.